The van der Waals surface area contributed by atoms with Gasteiger partial charge in [-0.1, -0.05) is 0 Å². The van der Waals surface area contributed by atoms with Gasteiger partial charge >= 0.3 is 0 Å². The number of nitrogens with one attached hydrogen (secondary N) is 1. The molecule has 0 spiro atoms. The van der Waals surface area contributed by atoms with Crippen LogP contribution in [0.3, 0.4) is 0 Å². The highest BCUT2D eigenvalue weighted by Crippen LogP contribution is 2.40. The van der Waals surface area contributed by atoms with E-state index in [-0.39, 0.29) is 5.91 Å². The van der Waals surface area contributed by atoms with Crippen molar-refractivity contribution in [2.45, 2.75) is 18.8 Å². The zero-order chi connectivity index (χ0) is 7.84. The summed E-state index contributed by atoms with van der Waals surface area (Å²) in [6, 6.07) is 0. The topological polar surface area (TPSA) is 71.8 Å². The molecule has 2 rings (SSSR count). The predicted molar refractivity (Wildman–Crippen MR) is 39.1 cm³/mol. The molecule has 1 saturated carbocycles. The first kappa shape index (κ1) is 6.39. The van der Waals surface area contributed by atoms with E-state index in [9.17, 15) is 4.79 Å². The van der Waals surface area contributed by atoms with E-state index in [0.717, 1.165) is 18.5 Å². The van der Waals surface area contributed by atoms with E-state index < -0.39 is 0 Å². The minimum absolute atomic E-state index is 0.388. The lowest BCUT2D eigenvalue weighted by molar-refractivity contribution is 0.0999. The summed E-state index contributed by atoms with van der Waals surface area (Å²) in [6.07, 6.45) is 3.78. The van der Waals surface area contributed by atoms with Crippen molar-refractivity contribution in [1.82, 2.24) is 10.2 Å². The molecule has 0 aliphatic heterocycles. The van der Waals surface area contributed by atoms with Crippen molar-refractivity contribution in [1.29, 1.82) is 0 Å². The van der Waals surface area contributed by atoms with Gasteiger partial charge in [-0.2, -0.15) is 5.10 Å². The molecule has 0 atom stereocenters. The maximum Gasteiger partial charge on any atom is 0.252 e. The Morgan fingerprint density at radius 1 is 1.73 bits per heavy atom. The minimum Gasteiger partial charge on any atom is -0.365 e. The summed E-state index contributed by atoms with van der Waals surface area (Å²) in [7, 11) is 0. The second-order valence-electron chi connectivity index (χ2n) is 2.84. The average Bonchev–Trinajstić information content (AvgIpc) is 2.68. The van der Waals surface area contributed by atoms with Crippen LogP contribution in [0.5, 0.6) is 0 Å². The summed E-state index contributed by atoms with van der Waals surface area (Å²) in [5, 5.41) is 6.58. The molecule has 1 fully saturated rings. The first-order chi connectivity index (χ1) is 5.29. The molecule has 0 aromatic carbocycles. The maximum atomic E-state index is 10.8. The largest absolute Gasteiger partial charge is 0.365 e. The second-order valence-corrected chi connectivity index (χ2v) is 2.84. The molecule has 0 radical (unpaired) electrons. The number of hydrogen-bond acceptors (Lipinski definition) is 2. The molecule has 3 N–H and O–H groups in total. The van der Waals surface area contributed by atoms with Crippen LogP contribution in [0.25, 0.3) is 0 Å². The average molecular weight is 151 g/mol. The fourth-order valence-electron chi connectivity index (χ4n) is 1.18. The van der Waals surface area contributed by atoms with Crippen molar-refractivity contribution in [3.63, 3.8) is 0 Å². The van der Waals surface area contributed by atoms with Crippen LogP contribution >= 0.6 is 0 Å². The number of rotatable bonds is 2. The lowest BCUT2D eigenvalue weighted by Crippen LogP contribution is -2.11. The summed E-state index contributed by atoms with van der Waals surface area (Å²) in [6.45, 7) is 0. The third kappa shape index (κ3) is 1.00. The molecule has 1 aromatic rings. The van der Waals surface area contributed by atoms with E-state index in [4.69, 9.17) is 5.73 Å². The first-order valence-corrected chi connectivity index (χ1v) is 3.62. The number of amides is 1. The Bertz CT molecular complexity index is 288. The third-order valence-electron chi connectivity index (χ3n) is 1.92. The summed E-state index contributed by atoms with van der Waals surface area (Å²) < 4.78 is 0. The van der Waals surface area contributed by atoms with Gasteiger partial charge in [0.1, 0.15) is 0 Å². The molecule has 0 bridgehead atoms. The van der Waals surface area contributed by atoms with Crippen LogP contribution in [0.4, 0.5) is 0 Å². The van der Waals surface area contributed by atoms with Gasteiger partial charge in [0, 0.05) is 5.92 Å². The van der Waals surface area contributed by atoms with Crippen molar-refractivity contribution in [2.24, 2.45) is 5.73 Å². The summed E-state index contributed by atoms with van der Waals surface area (Å²) in [5.74, 6) is 0.112. The Morgan fingerprint density at radius 2 is 2.45 bits per heavy atom. The smallest absolute Gasteiger partial charge is 0.252 e. The normalized spacial score (nSPS) is 16.7. The van der Waals surface area contributed by atoms with Gasteiger partial charge in [-0.3, -0.25) is 9.89 Å². The third-order valence-corrected chi connectivity index (χ3v) is 1.92. The van der Waals surface area contributed by atoms with E-state index in [2.05, 4.69) is 10.2 Å². The maximum absolute atomic E-state index is 10.8. The van der Waals surface area contributed by atoms with Crippen LogP contribution in [0.15, 0.2) is 6.20 Å². The van der Waals surface area contributed by atoms with Gasteiger partial charge in [-0.15, -0.1) is 0 Å². The number of H-pyrrole nitrogens is 1. The number of nitrogens with two attached hydrogens (primary N) is 1. The van der Waals surface area contributed by atoms with Crippen LogP contribution in [0.2, 0.25) is 0 Å². The molecule has 1 aromatic heterocycles. The zero-order valence-corrected chi connectivity index (χ0v) is 6.00. The Morgan fingerprint density at radius 3 is 3.00 bits per heavy atom. The van der Waals surface area contributed by atoms with Crippen molar-refractivity contribution in [2.75, 3.05) is 0 Å². The molecule has 0 saturated heterocycles. The number of nitrogens with zero attached hydrogens (tertiary/aromatic N) is 1. The van der Waals surface area contributed by atoms with Crippen LogP contribution in [0.1, 0.15) is 34.8 Å². The Labute approximate surface area is 63.8 Å². The van der Waals surface area contributed by atoms with Crippen molar-refractivity contribution in [3.8, 4) is 0 Å². The van der Waals surface area contributed by atoms with E-state index in [1.165, 1.54) is 6.20 Å². The lowest BCUT2D eigenvalue weighted by atomic mass is 10.2. The molecule has 1 amide bonds. The fraction of sp³-hybridized carbons (Fsp3) is 0.429. The van der Waals surface area contributed by atoms with E-state index in [0.29, 0.717) is 11.5 Å². The highest BCUT2D eigenvalue weighted by atomic mass is 16.1. The molecule has 0 unspecified atom stereocenters. The molecule has 58 valence electrons. The highest BCUT2D eigenvalue weighted by molar-refractivity contribution is 5.93. The van der Waals surface area contributed by atoms with E-state index in [1.54, 1.807) is 0 Å². The second kappa shape index (κ2) is 2.08. The molecule has 11 heavy (non-hydrogen) atoms. The molecule has 1 aliphatic carbocycles. The summed E-state index contributed by atoms with van der Waals surface area (Å²) in [5.41, 5.74) is 6.59. The Balaban J connectivity index is 2.37. The number of primary amides is 1. The number of carbonyl (C=O) groups excluding carboxylic acids is 1. The monoisotopic (exact) mass is 151 g/mol. The first-order valence-electron chi connectivity index (χ1n) is 3.62. The van der Waals surface area contributed by atoms with E-state index >= 15 is 0 Å². The van der Waals surface area contributed by atoms with E-state index in [1.807, 2.05) is 0 Å². The number of carbonyl (C=O) groups is 1. The molecule has 1 heterocycles. The number of aromatic nitrogens is 2. The highest BCUT2D eigenvalue weighted by Gasteiger charge is 2.28. The number of hydrogen-bond donors (Lipinski definition) is 2. The van der Waals surface area contributed by atoms with Crippen LogP contribution in [-0.2, 0) is 0 Å². The van der Waals surface area contributed by atoms with Gasteiger partial charge in [0.25, 0.3) is 5.91 Å². The predicted octanol–water partition coefficient (Wildman–Crippen LogP) is 0.386. The SMILES string of the molecule is NC(=O)c1cn[nH]c1C1CC1. The lowest BCUT2D eigenvalue weighted by Gasteiger charge is -1.93. The van der Waals surface area contributed by atoms with Crippen LogP contribution < -0.4 is 5.73 Å². The molecular formula is C7H9N3O. The molecule has 4 nitrogen and oxygen atoms in total. The van der Waals surface area contributed by atoms with Gasteiger partial charge in [0.05, 0.1) is 17.5 Å². The van der Waals surface area contributed by atoms with Gasteiger partial charge in [0.15, 0.2) is 0 Å². The standard InChI is InChI=1S/C7H9N3O/c8-7(11)5-3-9-10-6(5)4-1-2-4/h3-4H,1-2H2,(H2,8,11)(H,9,10). The Kier molecular flexibility index (Phi) is 1.21. The zero-order valence-electron chi connectivity index (χ0n) is 6.00. The van der Waals surface area contributed by atoms with Gasteiger partial charge in [0.2, 0.25) is 0 Å². The van der Waals surface area contributed by atoms with Crippen LogP contribution in [-0.4, -0.2) is 16.1 Å². The van der Waals surface area contributed by atoms with Gasteiger partial charge in [-0.05, 0) is 12.8 Å². The van der Waals surface area contributed by atoms with Gasteiger partial charge in [-0.25, -0.2) is 0 Å². The summed E-state index contributed by atoms with van der Waals surface area (Å²) in [4.78, 5) is 10.8. The number of aromatic amines is 1. The van der Waals surface area contributed by atoms with Crippen molar-refractivity contribution >= 4 is 5.91 Å². The van der Waals surface area contributed by atoms with Crippen molar-refractivity contribution in [3.05, 3.63) is 17.5 Å². The van der Waals surface area contributed by atoms with Crippen LogP contribution in [0, 0.1) is 0 Å². The summed E-state index contributed by atoms with van der Waals surface area (Å²) >= 11 is 0. The fourth-order valence-corrected chi connectivity index (χ4v) is 1.18. The molecule has 1 aliphatic rings. The molecular weight excluding hydrogens is 142 g/mol. The quantitative estimate of drug-likeness (QED) is 0.641. The Hall–Kier alpha value is -1.32. The minimum atomic E-state index is -0.388. The van der Waals surface area contributed by atoms with Gasteiger partial charge < -0.3 is 5.73 Å². The molecule has 4 heteroatoms. The van der Waals surface area contributed by atoms with Crippen molar-refractivity contribution < 1.29 is 4.79 Å².